The average molecular weight is 332 g/mol. The summed E-state index contributed by atoms with van der Waals surface area (Å²) in [5.74, 6) is 0.635. The normalized spacial score (nSPS) is 11.3. The second-order valence-corrected chi connectivity index (χ2v) is 5.64. The minimum absolute atomic E-state index is 0.111. The third kappa shape index (κ3) is 5.14. The number of aryl methyl sites for hydroxylation is 1. The van der Waals surface area contributed by atoms with E-state index in [0.717, 1.165) is 29.1 Å². The lowest BCUT2D eigenvalue weighted by molar-refractivity contribution is -0.115. The first-order chi connectivity index (χ1) is 11.1. The fourth-order valence-corrected chi connectivity index (χ4v) is 2.59. The van der Waals surface area contributed by atoms with Crippen LogP contribution in [0.2, 0.25) is 0 Å². The maximum Gasteiger partial charge on any atom is 0.230 e. The number of rotatable bonds is 7. The minimum atomic E-state index is -0.111. The Kier molecular flexibility index (Phi) is 6.22. The van der Waals surface area contributed by atoms with Crippen molar-refractivity contribution < 1.29 is 9.63 Å². The topological polar surface area (TPSA) is 76.5 Å². The Morgan fingerprint density at radius 3 is 2.91 bits per heavy atom. The van der Waals surface area contributed by atoms with Gasteiger partial charge in [-0.05, 0) is 31.0 Å². The van der Waals surface area contributed by atoms with Crippen molar-refractivity contribution in [3.05, 3.63) is 41.2 Å². The third-order valence-corrected chi connectivity index (χ3v) is 3.74. The smallest absolute Gasteiger partial charge is 0.230 e. The Balaban J connectivity index is 2.00. The van der Waals surface area contributed by atoms with E-state index in [4.69, 9.17) is 4.84 Å². The number of benzene rings is 1. The zero-order valence-electron chi connectivity index (χ0n) is 13.5. The van der Waals surface area contributed by atoms with Crippen molar-refractivity contribution >= 4 is 28.3 Å². The molecule has 1 heterocycles. The summed E-state index contributed by atoms with van der Waals surface area (Å²) in [6.07, 6.45) is 1.03. The molecular formula is C16H20N4O2S. The van der Waals surface area contributed by atoms with Gasteiger partial charge in [-0.15, -0.1) is 0 Å². The SMILES string of the molecule is CCO/N=C(/C)c1cccc(CC(=O)Nc2nc(CC)ns2)c1. The largest absolute Gasteiger partial charge is 0.396 e. The van der Waals surface area contributed by atoms with E-state index >= 15 is 0 Å². The van der Waals surface area contributed by atoms with E-state index in [0.29, 0.717) is 11.7 Å². The average Bonchev–Trinajstić information content (AvgIpc) is 3.00. The summed E-state index contributed by atoms with van der Waals surface area (Å²) in [5.41, 5.74) is 2.63. The summed E-state index contributed by atoms with van der Waals surface area (Å²) in [7, 11) is 0. The zero-order chi connectivity index (χ0) is 16.7. The number of aromatic nitrogens is 2. The van der Waals surface area contributed by atoms with Crippen molar-refractivity contribution in [2.24, 2.45) is 5.16 Å². The number of carbonyl (C=O) groups excluding carboxylic acids is 1. The first-order valence-corrected chi connectivity index (χ1v) is 8.28. The number of nitrogens with zero attached hydrogens (tertiary/aromatic N) is 3. The molecule has 0 aliphatic rings. The molecule has 0 atom stereocenters. The van der Waals surface area contributed by atoms with Crippen LogP contribution in [0.5, 0.6) is 0 Å². The molecule has 23 heavy (non-hydrogen) atoms. The van der Waals surface area contributed by atoms with Crippen LogP contribution < -0.4 is 5.32 Å². The number of amides is 1. The summed E-state index contributed by atoms with van der Waals surface area (Å²) in [6.45, 7) is 6.27. The molecule has 0 unspecified atom stereocenters. The van der Waals surface area contributed by atoms with Crippen molar-refractivity contribution in [3.63, 3.8) is 0 Å². The molecule has 0 aliphatic heterocycles. The molecule has 6 nitrogen and oxygen atoms in total. The molecule has 0 saturated carbocycles. The van der Waals surface area contributed by atoms with Crippen LogP contribution >= 0.6 is 11.5 Å². The fraction of sp³-hybridized carbons (Fsp3) is 0.375. The molecule has 0 spiro atoms. The van der Waals surface area contributed by atoms with Gasteiger partial charge in [-0.25, -0.2) is 4.98 Å². The van der Waals surface area contributed by atoms with Crippen LogP contribution in [-0.2, 0) is 22.5 Å². The van der Waals surface area contributed by atoms with Crippen LogP contribution in [0.15, 0.2) is 29.4 Å². The van der Waals surface area contributed by atoms with Gasteiger partial charge < -0.3 is 10.2 Å². The van der Waals surface area contributed by atoms with Crippen molar-refractivity contribution in [2.75, 3.05) is 11.9 Å². The maximum atomic E-state index is 12.1. The van der Waals surface area contributed by atoms with Gasteiger partial charge in [0.2, 0.25) is 11.0 Å². The Hall–Kier alpha value is -2.28. The summed E-state index contributed by atoms with van der Waals surface area (Å²) < 4.78 is 4.15. The van der Waals surface area contributed by atoms with Crippen molar-refractivity contribution in [1.82, 2.24) is 9.36 Å². The molecule has 2 aromatic rings. The molecule has 0 aliphatic carbocycles. The molecule has 1 aromatic carbocycles. The Bertz CT molecular complexity index is 697. The van der Waals surface area contributed by atoms with Gasteiger partial charge in [0, 0.05) is 18.0 Å². The van der Waals surface area contributed by atoms with Gasteiger partial charge in [0.1, 0.15) is 12.4 Å². The number of carbonyl (C=O) groups is 1. The molecule has 7 heteroatoms. The minimum Gasteiger partial charge on any atom is -0.396 e. The Morgan fingerprint density at radius 1 is 1.39 bits per heavy atom. The monoisotopic (exact) mass is 332 g/mol. The standard InChI is InChI=1S/C16H20N4O2S/c1-4-14-17-16(23-20-14)18-15(21)10-12-7-6-8-13(9-12)11(3)19-22-5-2/h6-9H,4-5,10H2,1-3H3,(H,17,18,20,21)/b19-11-. The lowest BCUT2D eigenvalue weighted by atomic mass is 10.1. The summed E-state index contributed by atoms with van der Waals surface area (Å²) in [6, 6.07) is 7.70. The van der Waals surface area contributed by atoms with E-state index in [2.05, 4.69) is 19.8 Å². The van der Waals surface area contributed by atoms with Crippen molar-refractivity contribution in [2.45, 2.75) is 33.6 Å². The van der Waals surface area contributed by atoms with Crippen LogP contribution in [-0.4, -0.2) is 27.6 Å². The van der Waals surface area contributed by atoms with Gasteiger partial charge in [0.05, 0.1) is 12.1 Å². The maximum absolute atomic E-state index is 12.1. The summed E-state index contributed by atoms with van der Waals surface area (Å²) in [4.78, 5) is 21.4. The zero-order valence-corrected chi connectivity index (χ0v) is 14.3. The van der Waals surface area contributed by atoms with Crippen molar-refractivity contribution in [3.8, 4) is 0 Å². The van der Waals surface area contributed by atoms with Gasteiger partial charge in [-0.1, -0.05) is 30.3 Å². The van der Waals surface area contributed by atoms with Gasteiger partial charge in [0.25, 0.3) is 0 Å². The van der Waals surface area contributed by atoms with E-state index in [9.17, 15) is 4.79 Å². The first-order valence-electron chi connectivity index (χ1n) is 7.50. The molecular weight excluding hydrogens is 312 g/mol. The van der Waals surface area contributed by atoms with Gasteiger partial charge in [-0.3, -0.25) is 4.79 Å². The van der Waals surface area contributed by atoms with Crippen LogP contribution in [0.3, 0.4) is 0 Å². The molecule has 0 bridgehead atoms. The van der Waals surface area contributed by atoms with E-state index in [1.807, 2.05) is 45.0 Å². The van der Waals surface area contributed by atoms with Crippen molar-refractivity contribution in [1.29, 1.82) is 0 Å². The molecule has 0 radical (unpaired) electrons. The Morgan fingerprint density at radius 2 is 2.22 bits per heavy atom. The summed E-state index contributed by atoms with van der Waals surface area (Å²) in [5, 5.41) is 7.33. The lowest BCUT2D eigenvalue weighted by Gasteiger charge is -2.05. The molecule has 1 N–H and O–H groups in total. The quantitative estimate of drug-likeness (QED) is 0.624. The molecule has 1 amide bonds. The predicted octanol–water partition coefficient (Wildman–Crippen LogP) is 3.04. The first kappa shape index (κ1) is 17.1. The van der Waals surface area contributed by atoms with Gasteiger partial charge in [0.15, 0.2) is 0 Å². The van der Waals surface area contributed by atoms with Gasteiger partial charge >= 0.3 is 0 Å². The number of oxime groups is 1. The highest BCUT2D eigenvalue weighted by Gasteiger charge is 2.09. The second-order valence-electron chi connectivity index (χ2n) is 4.89. The highest BCUT2D eigenvalue weighted by molar-refractivity contribution is 7.09. The third-order valence-electron chi connectivity index (χ3n) is 3.07. The number of nitrogens with one attached hydrogen (secondary N) is 1. The van der Waals surface area contributed by atoms with E-state index in [1.165, 1.54) is 11.5 Å². The number of anilines is 1. The highest BCUT2D eigenvalue weighted by atomic mass is 32.1. The molecule has 0 saturated heterocycles. The highest BCUT2D eigenvalue weighted by Crippen LogP contribution is 2.13. The van der Waals surface area contributed by atoms with Gasteiger partial charge in [-0.2, -0.15) is 4.37 Å². The predicted molar refractivity (Wildman–Crippen MR) is 91.9 cm³/mol. The number of hydrogen-bond donors (Lipinski definition) is 1. The Labute approximate surface area is 139 Å². The van der Waals surface area contributed by atoms with E-state index in [1.54, 1.807) is 0 Å². The molecule has 122 valence electrons. The van der Waals surface area contributed by atoms with Crippen LogP contribution in [0, 0.1) is 0 Å². The molecule has 0 fully saturated rings. The fourth-order valence-electron chi connectivity index (χ4n) is 1.92. The molecule has 2 rings (SSSR count). The van der Waals surface area contributed by atoms with E-state index in [-0.39, 0.29) is 12.3 Å². The lowest BCUT2D eigenvalue weighted by Crippen LogP contribution is -2.14. The summed E-state index contributed by atoms with van der Waals surface area (Å²) >= 11 is 1.20. The molecule has 1 aromatic heterocycles. The number of hydrogen-bond acceptors (Lipinski definition) is 6. The van der Waals surface area contributed by atoms with Crippen LogP contribution in [0.25, 0.3) is 0 Å². The van der Waals surface area contributed by atoms with E-state index < -0.39 is 0 Å². The van der Waals surface area contributed by atoms with Crippen LogP contribution in [0.1, 0.15) is 37.7 Å². The van der Waals surface area contributed by atoms with Crippen LogP contribution in [0.4, 0.5) is 5.13 Å². The second kappa shape index (κ2) is 8.38.